The van der Waals surface area contributed by atoms with E-state index in [0.717, 1.165) is 11.3 Å². The van der Waals surface area contributed by atoms with Crippen molar-refractivity contribution in [1.82, 2.24) is 4.98 Å². The minimum atomic E-state index is -0.512. The Bertz CT molecular complexity index is 992. The first-order chi connectivity index (χ1) is 14.2. The van der Waals surface area contributed by atoms with Gasteiger partial charge in [0.2, 0.25) is 0 Å². The highest BCUT2D eigenvalue weighted by Crippen LogP contribution is 2.35. The van der Waals surface area contributed by atoms with Crippen LogP contribution in [0.1, 0.15) is 0 Å². The van der Waals surface area contributed by atoms with Gasteiger partial charge in [0, 0.05) is 10.9 Å². The van der Waals surface area contributed by atoms with Crippen LogP contribution in [-0.2, 0) is 14.3 Å². The summed E-state index contributed by atoms with van der Waals surface area (Å²) < 4.78 is 16.2. The number of amides is 1. The molecule has 148 valence electrons. The van der Waals surface area contributed by atoms with Gasteiger partial charge in [0.05, 0.1) is 16.9 Å². The molecule has 2 aromatic carbocycles. The number of carbonyl (C=O) groups excluding carboxylic acids is 2. The van der Waals surface area contributed by atoms with Crippen molar-refractivity contribution in [2.24, 2.45) is 0 Å². The van der Waals surface area contributed by atoms with E-state index in [-0.39, 0.29) is 32.3 Å². The highest BCUT2D eigenvalue weighted by atomic mass is 32.1. The summed E-state index contributed by atoms with van der Waals surface area (Å²) in [4.78, 5) is 30.3. The van der Waals surface area contributed by atoms with E-state index in [2.05, 4.69) is 4.98 Å². The predicted molar refractivity (Wildman–Crippen MR) is 108 cm³/mol. The predicted octanol–water partition coefficient (Wildman–Crippen LogP) is 3.16. The van der Waals surface area contributed by atoms with Crippen LogP contribution in [0.15, 0.2) is 59.4 Å². The topological polar surface area (TPSA) is 78.0 Å². The van der Waals surface area contributed by atoms with Gasteiger partial charge in [-0.25, -0.2) is 4.98 Å². The standard InChI is InChI=1S/C21H18N2O5S/c24-20-12-28-19-7-6-15(17-13-29-14-22-17)10-18(19)23(20)11-21(25)27-9-8-26-16-4-2-1-3-5-16/h1-7,10,13-14H,8-9,11-12H2. The van der Waals surface area contributed by atoms with E-state index in [0.29, 0.717) is 17.2 Å². The molecular formula is C21H18N2O5S. The molecule has 1 aliphatic rings. The third kappa shape index (κ3) is 4.55. The molecule has 3 aromatic rings. The van der Waals surface area contributed by atoms with Crippen LogP contribution in [0.25, 0.3) is 11.3 Å². The number of benzene rings is 2. The smallest absolute Gasteiger partial charge is 0.326 e. The number of hydrogen-bond acceptors (Lipinski definition) is 7. The number of esters is 1. The number of hydrogen-bond donors (Lipinski definition) is 0. The molecule has 1 aromatic heterocycles. The Morgan fingerprint density at radius 1 is 1.17 bits per heavy atom. The summed E-state index contributed by atoms with van der Waals surface area (Å²) in [5, 5.41) is 1.92. The van der Waals surface area contributed by atoms with Crippen molar-refractivity contribution in [3.63, 3.8) is 0 Å². The van der Waals surface area contributed by atoms with Crippen molar-refractivity contribution in [3.05, 3.63) is 59.4 Å². The number of carbonyl (C=O) groups is 2. The molecule has 0 radical (unpaired) electrons. The summed E-state index contributed by atoms with van der Waals surface area (Å²) in [6.45, 7) is 0.0177. The van der Waals surface area contributed by atoms with Crippen molar-refractivity contribution in [2.45, 2.75) is 0 Å². The van der Waals surface area contributed by atoms with Gasteiger partial charge in [0.25, 0.3) is 5.91 Å². The molecule has 1 amide bonds. The zero-order valence-electron chi connectivity index (χ0n) is 15.4. The molecule has 0 N–H and O–H groups in total. The van der Waals surface area contributed by atoms with E-state index in [1.165, 1.54) is 16.2 Å². The Labute approximate surface area is 171 Å². The maximum absolute atomic E-state index is 12.4. The van der Waals surface area contributed by atoms with Crippen LogP contribution in [-0.4, -0.2) is 43.2 Å². The van der Waals surface area contributed by atoms with Gasteiger partial charge < -0.3 is 14.2 Å². The zero-order chi connectivity index (χ0) is 20.1. The van der Waals surface area contributed by atoms with E-state index in [1.54, 1.807) is 17.6 Å². The van der Waals surface area contributed by atoms with Crippen LogP contribution in [0.4, 0.5) is 5.69 Å². The molecule has 2 heterocycles. The van der Waals surface area contributed by atoms with Crippen molar-refractivity contribution in [3.8, 4) is 22.8 Å². The highest BCUT2D eigenvalue weighted by Gasteiger charge is 2.28. The van der Waals surface area contributed by atoms with E-state index in [9.17, 15) is 9.59 Å². The molecule has 0 saturated heterocycles. The average molecular weight is 410 g/mol. The quantitative estimate of drug-likeness (QED) is 0.440. The second kappa shape index (κ2) is 8.74. The van der Waals surface area contributed by atoms with Crippen LogP contribution >= 0.6 is 11.3 Å². The summed E-state index contributed by atoms with van der Waals surface area (Å²) >= 11 is 1.48. The van der Waals surface area contributed by atoms with Gasteiger partial charge >= 0.3 is 5.97 Å². The van der Waals surface area contributed by atoms with Gasteiger partial charge in [0.15, 0.2) is 6.61 Å². The van der Waals surface area contributed by atoms with Crippen molar-refractivity contribution in [1.29, 1.82) is 0 Å². The lowest BCUT2D eigenvalue weighted by Crippen LogP contribution is -2.42. The van der Waals surface area contributed by atoms with E-state index in [1.807, 2.05) is 41.8 Å². The number of anilines is 1. The fraction of sp³-hybridized carbons (Fsp3) is 0.190. The number of ether oxygens (including phenoxy) is 3. The molecule has 29 heavy (non-hydrogen) atoms. The third-order valence-corrected chi connectivity index (χ3v) is 4.86. The number of fused-ring (bicyclic) bond motifs is 1. The van der Waals surface area contributed by atoms with Gasteiger partial charge in [-0.1, -0.05) is 18.2 Å². The molecule has 0 aliphatic carbocycles. The van der Waals surface area contributed by atoms with Crippen LogP contribution in [0.5, 0.6) is 11.5 Å². The monoisotopic (exact) mass is 410 g/mol. The highest BCUT2D eigenvalue weighted by molar-refractivity contribution is 7.07. The molecular weight excluding hydrogens is 392 g/mol. The SMILES string of the molecule is O=C(CN1C(=O)COc2ccc(-c3cscn3)cc21)OCCOc1ccccc1. The second-order valence-corrected chi connectivity index (χ2v) is 6.93. The Kier molecular flexibility index (Phi) is 5.71. The minimum Gasteiger partial charge on any atom is -0.490 e. The van der Waals surface area contributed by atoms with Gasteiger partial charge in [-0.05, 0) is 30.3 Å². The average Bonchev–Trinajstić information content (AvgIpc) is 3.29. The van der Waals surface area contributed by atoms with Crippen molar-refractivity contribution >= 4 is 28.9 Å². The molecule has 0 unspecified atom stereocenters. The van der Waals surface area contributed by atoms with E-state index >= 15 is 0 Å². The van der Waals surface area contributed by atoms with Crippen LogP contribution in [0, 0.1) is 0 Å². The Balaban J connectivity index is 1.38. The first-order valence-electron chi connectivity index (χ1n) is 9.00. The second-order valence-electron chi connectivity index (χ2n) is 6.21. The molecule has 4 rings (SSSR count). The van der Waals surface area contributed by atoms with Gasteiger partial charge in [-0.15, -0.1) is 11.3 Å². The van der Waals surface area contributed by atoms with Crippen LogP contribution in [0.3, 0.4) is 0 Å². The number of para-hydroxylation sites is 1. The fourth-order valence-electron chi connectivity index (χ4n) is 2.90. The lowest BCUT2D eigenvalue weighted by atomic mass is 10.1. The van der Waals surface area contributed by atoms with Crippen LogP contribution in [0.2, 0.25) is 0 Å². The summed E-state index contributed by atoms with van der Waals surface area (Å²) in [6.07, 6.45) is 0. The molecule has 0 saturated carbocycles. The molecule has 0 bridgehead atoms. The van der Waals surface area contributed by atoms with Crippen LogP contribution < -0.4 is 14.4 Å². The molecule has 0 atom stereocenters. The molecule has 1 aliphatic heterocycles. The lowest BCUT2D eigenvalue weighted by molar-refractivity contribution is -0.143. The van der Waals surface area contributed by atoms with Crippen molar-refractivity contribution < 1.29 is 23.8 Å². The van der Waals surface area contributed by atoms with Gasteiger partial charge in [-0.3, -0.25) is 14.5 Å². The minimum absolute atomic E-state index is 0.0952. The molecule has 8 heteroatoms. The maximum atomic E-state index is 12.4. The van der Waals surface area contributed by atoms with Gasteiger partial charge in [0.1, 0.15) is 31.3 Å². The number of thiazole rings is 1. The Morgan fingerprint density at radius 3 is 2.83 bits per heavy atom. The normalized spacial score (nSPS) is 12.8. The lowest BCUT2D eigenvalue weighted by Gasteiger charge is -2.29. The summed E-state index contributed by atoms with van der Waals surface area (Å²) in [6, 6.07) is 14.7. The Morgan fingerprint density at radius 2 is 2.03 bits per heavy atom. The summed E-state index contributed by atoms with van der Waals surface area (Å²) in [7, 11) is 0. The zero-order valence-corrected chi connectivity index (χ0v) is 16.3. The molecule has 7 nitrogen and oxygen atoms in total. The first kappa shape index (κ1) is 18.9. The van der Waals surface area contributed by atoms with E-state index in [4.69, 9.17) is 14.2 Å². The summed E-state index contributed by atoms with van der Waals surface area (Å²) in [5.74, 6) is 0.437. The Hall–Kier alpha value is -3.39. The third-order valence-electron chi connectivity index (χ3n) is 4.28. The number of nitrogens with zero attached hydrogens (tertiary/aromatic N) is 2. The largest absolute Gasteiger partial charge is 0.490 e. The summed E-state index contributed by atoms with van der Waals surface area (Å²) in [5.41, 5.74) is 3.92. The molecule has 0 fully saturated rings. The number of aromatic nitrogens is 1. The van der Waals surface area contributed by atoms with Gasteiger partial charge in [-0.2, -0.15) is 0 Å². The van der Waals surface area contributed by atoms with Crippen molar-refractivity contribution in [2.75, 3.05) is 31.3 Å². The maximum Gasteiger partial charge on any atom is 0.326 e. The molecule has 0 spiro atoms. The fourth-order valence-corrected chi connectivity index (χ4v) is 3.46. The van der Waals surface area contributed by atoms with E-state index < -0.39 is 5.97 Å². The number of rotatable bonds is 7. The first-order valence-corrected chi connectivity index (χ1v) is 9.94.